The molecule has 8 rings (SSSR count). The van der Waals surface area contributed by atoms with Crippen LogP contribution in [-0.2, 0) is 14.4 Å². The summed E-state index contributed by atoms with van der Waals surface area (Å²) in [5.74, 6) is 1.40. The number of aliphatic carboxylic acids is 1. The van der Waals surface area contributed by atoms with Crippen molar-refractivity contribution in [1.82, 2.24) is 5.06 Å². The van der Waals surface area contributed by atoms with Gasteiger partial charge in [0.15, 0.2) is 0 Å². The molecule has 8 bridgehead atoms. The Morgan fingerprint density at radius 2 is 1.16 bits per heavy atom. The Hall–Kier alpha value is -1.18. The number of nitrogens with zero attached hydrogens (tertiary/aromatic N) is 1. The van der Waals surface area contributed by atoms with Crippen LogP contribution in [0.2, 0.25) is 0 Å². The SMILES string of the molecule is CON(C)C(=O)C12CC3CC(CC(O)(C3)C1)C2.O=C(O)C12CC3CC(CC(O)(C3)C1)C2. The van der Waals surface area contributed by atoms with Crippen molar-refractivity contribution in [3.8, 4) is 0 Å². The van der Waals surface area contributed by atoms with Crippen LogP contribution < -0.4 is 0 Å². The average molecular weight is 436 g/mol. The Labute approximate surface area is 184 Å². The molecule has 8 fully saturated rings. The smallest absolute Gasteiger partial charge is 0.309 e. The van der Waals surface area contributed by atoms with Crippen LogP contribution in [0.3, 0.4) is 0 Å². The van der Waals surface area contributed by atoms with Gasteiger partial charge in [0, 0.05) is 7.05 Å². The number of hydroxylamine groups is 2. The zero-order valence-corrected chi connectivity index (χ0v) is 18.8. The van der Waals surface area contributed by atoms with Gasteiger partial charge in [-0.05, 0) is 101 Å². The molecule has 8 aliphatic carbocycles. The molecule has 7 heteroatoms. The van der Waals surface area contributed by atoms with Crippen molar-refractivity contribution >= 4 is 11.9 Å². The molecule has 0 aliphatic heterocycles. The highest BCUT2D eigenvalue weighted by Gasteiger charge is 2.61. The number of rotatable bonds is 3. The monoisotopic (exact) mass is 435 g/mol. The van der Waals surface area contributed by atoms with E-state index in [1.165, 1.54) is 18.6 Å². The summed E-state index contributed by atoms with van der Waals surface area (Å²) in [6.07, 6.45) is 10.5. The fourth-order valence-electron chi connectivity index (χ4n) is 9.35. The number of hydrogen-bond acceptors (Lipinski definition) is 5. The molecule has 0 spiro atoms. The molecule has 0 heterocycles. The number of carboxylic acid groups (broad SMARTS) is 1. The van der Waals surface area contributed by atoms with Crippen LogP contribution in [-0.4, -0.2) is 57.6 Å². The molecule has 8 saturated carbocycles. The number of hydrogen-bond donors (Lipinski definition) is 3. The van der Waals surface area contributed by atoms with Crippen molar-refractivity contribution in [3.05, 3.63) is 0 Å². The second-order valence-electron chi connectivity index (χ2n) is 12.2. The lowest BCUT2D eigenvalue weighted by atomic mass is 9.47. The maximum absolute atomic E-state index is 12.5. The van der Waals surface area contributed by atoms with Crippen LogP contribution in [0.5, 0.6) is 0 Å². The van der Waals surface area contributed by atoms with Crippen molar-refractivity contribution in [1.29, 1.82) is 0 Å². The van der Waals surface area contributed by atoms with Gasteiger partial charge >= 0.3 is 5.97 Å². The van der Waals surface area contributed by atoms with Crippen molar-refractivity contribution in [2.75, 3.05) is 14.2 Å². The molecule has 174 valence electrons. The van der Waals surface area contributed by atoms with Gasteiger partial charge in [-0.1, -0.05) is 0 Å². The van der Waals surface area contributed by atoms with Gasteiger partial charge in [-0.2, -0.15) is 0 Å². The summed E-state index contributed by atoms with van der Waals surface area (Å²) < 4.78 is 0. The second kappa shape index (κ2) is 6.91. The van der Waals surface area contributed by atoms with Gasteiger partial charge in [0.25, 0.3) is 5.91 Å². The number of carbonyl (C=O) groups is 2. The minimum absolute atomic E-state index is 0.0625. The van der Waals surface area contributed by atoms with E-state index in [4.69, 9.17) is 4.84 Å². The molecule has 31 heavy (non-hydrogen) atoms. The highest BCUT2D eigenvalue weighted by molar-refractivity contribution is 5.82. The van der Waals surface area contributed by atoms with Crippen LogP contribution in [0.4, 0.5) is 0 Å². The Balaban J connectivity index is 0.000000134. The third-order valence-electron chi connectivity index (χ3n) is 9.53. The van der Waals surface area contributed by atoms with Gasteiger partial charge < -0.3 is 15.3 Å². The van der Waals surface area contributed by atoms with E-state index in [9.17, 15) is 24.9 Å². The number of aliphatic hydroxyl groups is 2. The molecular formula is C24H37NO6. The summed E-state index contributed by atoms with van der Waals surface area (Å²) in [5, 5.41) is 31.4. The molecule has 4 atom stereocenters. The van der Waals surface area contributed by atoms with Gasteiger partial charge in [-0.3, -0.25) is 14.4 Å². The predicted molar refractivity (Wildman–Crippen MR) is 112 cm³/mol. The predicted octanol–water partition coefficient (Wildman–Crippen LogP) is 2.74. The van der Waals surface area contributed by atoms with Gasteiger partial charge in [0.2, 0.25) is 0 Å². The number of carboxylic acids is 1. The largest absolute Gasteiger partial charge is 0.481 e. The van der Waals surface area contributed by atoms with Crippen molar-refractivity contribution in [3.63, 3.8) is 0 Å². The molecule has 3 N–H and O–H groups in total. The Morgan fingerprint density at radius 3 is 1.52 bits per heavy atom. The first-order valence-electron chi connectivity index (χ1n) is 12.0. The molecular weight excluding hydrogens is 398 g/mol. The molecule has 4 unspecified atom stereocenters. The molecule has 1 amide bonds. The van der Waals surface area contributed by atoms with Crippen LogP contribution >= 0.6 is 0 Å². The molecule has 0 aromatic carbocycles. The summed E-state index contributed by atoms with van der Waals surface area (Å²) in [7, 11) is 3.19. The highest BCUT2D eigenvalue weighted by Crippen LogP contribution is 2.63. The summed E-state index contributed by atoms with van der Waals surface area (Å²) in [6.45, 7) is 0. The lowest BCUT2D eigenvalue weighted by Crippen LogP contribution is -2.60. The van der Waals surface area contributed by atoms with E-state index in [2.05, 4.69) is 0 Å². The average Bonchev–Trinajstić information content (AvgIpc) is 2.63. The Morgan fingerprint density at radius 1 is 0.774 bits per heavy atom. The fourth-order valence-corrected chi connectivity index (χ4v) is 9.35. The quantitative estimate of drug-likeness (QED) is 0.589. The summed E-state index contributed by atoms with van der Waals surface area (Å²) in [6, 6.07) is 0. The van der Waals surface area contributed by atoms with Crippen LogP contribution in [0.1, 0.15) is 77.0 Å². The molecule has 0 aromatic rings. The summed E-state index contributed by atoms with van der Waals surface area (Å²) >= 11 is 0. The van der Waals surface area contributed by atoms with E-state index >= 15 is 0 Å². The first-order chi connectivity index (χ1) is 14.5. The van der Waals surface area contributed by atoms with Crippen LogP contribution in [0.15, 0.2) is 0 Å². The maximum Gasteiger partial charge on any atom is 0.309 e. The number of carbonyl (C=O) groups excluding carboxylic acids is 1. The maximum atomic E-state index is 12.5. The van der Waals surface area contributed by atoms with Crippen molar-refractivity contribution in [2.45, 2.75) is 88.3 Å². The van der Waals surface area contributed by atoms with E-state index < -0.39 is 22.6 Å². The topological polar surface area (TPSA) is 107 Å². The zero-order chi connectivity index (χ0) is 22.2. The fraction of sp³-hybridized carbons (Fsp3) is 0.917. The lowest BCUT2D eigenvalue weighted by molar-refractivity contribution is -0.210. The van der Waals surface area contributed by atoms with E-state index in [0.29, 0.717) is 36.5 Å². The first-order valence-corrected chi connectivity index (χ1v) is 12.0. The standard InChI is InChI=1S/C13H21NO3.C11H16O3/c1-14(17-2)11(15)12-4-9-3-10(5-12)7-13(16,6-9)8-12;12-9(13)10-2-7-1-8(3-10)5-11(14,4-7)6-10/h9-10,16H,3-8H2,1-2H3;7-8,14H,1-6H2,(H,12,13). The highest BCUT2D eigenvalue weighted by atomic mass is 16.7. The Bertz CT molecular complexity index is 752. The normalized spacial score (nSPS) is 50.7. The molecule has 8 aliphatic rings. The third-order valence-corrected chi connectivity index (χ3v) is 9.53. The van der Waals surface area contributed by atoms with Crippen LogP contribution in [0, 0.1) is 34.5 Å². The Kier molecular flexibility index (Phi) is 4.83. The third kappa shape index (κ3) is 3.51. The molecule has 7 nitrogen and oxygen atoms in total. The lowest BCUT2D eigenvalue weighted by Gasteiger charge is -2.59. The minimum atomic E-state index is -0.676. The van der Waals surface area contributed by atoms with E-state index in [-0.39, 0.29) is 11.3 Å². The van der Waals surface area contributed by atoms with Crippen molar-refractivity contribution in [2.24, 2.45) is 34.5 Å². The summed E-state index contributed by atoms with van der Waals surface area (Å²) in [4.78, 5) is 28.8. The van der Waals surface area contributed by atoms with Crippen molar-refractivity contribution < 1.29 is 29.7 Å². The van der Waals surface area contributed by atoms with Gasteiger partial charge in [0.1, 0.15) is 0 Å². The zero-order valence-electron chi connectivity index (χ0n) is 18.8. The van der Waals surface area contributed by atoms with Gasteiger partial charge in [-0.15, -0.1) is 0 Å². The van der Waals surface area contributed by atoms with Gasteiger partial charge in [-0.25, -0.2) is 5.06 Å². The minimum Gasteiger partial charge on any atom is -0.481 e. The van der Waals surface area contributed by atoms with E-state index in [1.807, 2.05) is 0 Å². The van der Waals surface area contributed by atoms with E-state index in [1.54, 1.807) is 7.05 Å². The van der Waals surface area contributed by atoms with Gasteiger partial charge in [0.05, 0.1) is 29.1 Å². The van der Waals surface area contributed by atoms with E-state index in [0.717, 1.165) is 57.8 Å². The van der Waals surface area contributed by atoms with Crippen LogP contribution in [0.25, 0.3) is 0 Å². The second-order valence-corrected chi connectivity index (χ2v) is 12.2. The molecule has 0 saturated heterocycles. The number of amides is 1. The summed E-state index contributed by atoms with van der Waals surface area (Å²) in [5.41, 5.74) is -2.13. The first kappa shape index (κ1) is 21.7. The molecule has 0 radical (unpaired) electrons. The molecule has 0 aromatic heterocycles.